The number of hydrogen-bond acceptors (Lipinski definition) is 5. The van der Waals surface area contributed by atoms with Gasteiger partial charge >= 0.3 is 0 Å². The van der Waals surface area contributed by atoms with Gasteiger partial charge in [0.15, 0.2) is 11.5 Å². The van der Waals surface area contributed by atoms with Crippen molar-refractivity contribution in [2.24, 2.45) is 5.92 Å². The van der Waals surface area contributed by atoms with Crippen LogP contribution in [0.25, 0.3) is 11.2 Å². The molecule has 0 amide bonds. The van der Waals surface area contributed by atoms with Crippen molar-refractivity contribution in [3.8, 4) is 0 Å². The molecule has 2 aromatic heterocycles. The van der Waals surface area contributed by atoms with Gasteiger partial charge in [-0.05, 0) is 25.7 Å². The molecule has 0 radical (unpaired) electrons. The number of H-pyrrole nitrogens is 1. The Morgan fingerprint density at radius 3 is 2.90 bits per heavy atom. The van der Waals surface area contributed by atoms with Crippen molar-refractivity contribution in [2.45, 2.75) is 45.4 Å². The Bertz CT molecular complexity index is 573. The molecule has 0 saturated heterocycles. The maximum absolute atomic E-state index is 4.53. The van der Waals surface area contributed by atoms with Gasteiger partial charge in [0.2, 0.25) is 5.95 Å². The van der Waals surface area contributed by atoms with E-state index in [9.17, 15) is 0 Å². The second-order valence-electron chi connectivity index (χ2n) is 5.75. The first kappa shape index (κ1) is 14.1. The summed E-state index contributed by atoms with van der Waals surface area (Å²) in [6.07, 6.45) is 9.87. The topological polar surface area (TPSA) is 78.5 Å². The Balaban J connectivity index is 1.60. The maximum atomic E-state index is 4.53. The Morgan fingerprint density at radius 1 is 1.24 bits per heavy atom. The average Bonchev–Trinajstić information content (AvgIpc) is 3.14. The van der Waals surface area contributed by atoms with Crippen molar-refractivity contribution in [1.29, 1.82) is 0 Å². The SMILES string of the molecule is CCNc1nc(NCCCC2CCCC2)c2[nH]cnc2n1. The minimum Gasteiger partial charge on any atom is -0.368 e. The highest BCUT2D eigenvalue weighted by Crippen LogP contribution is 2.28. The Hall–Kier alpha value is -1.85. The second-order valence-corrected chi connectivity index (χ2v) is 5.75. The summed E-state index contributed by atoms with van der Waals surface area (Å²) in [4.78, 5) is 16.2. The molecule has 0 aliphatic heterocycles. The van der Waals surface area contributed by atoms with Crippen molar-refractivity contribution >= 4 is 22.9 Å². The van der Waals surface area contributed by atoms with Crippen molar-refractivity contribution in [2.75, 3.05) is 23.7 Å². The van der Waals surface area contributed by atoms with Crippen molar-refractivity contribution in [3.63, 3.8) is 0 Å². The van der Waals surface area contributed by atoms with Crippen LogP contribution in [-0.4, -0.2) is 33.0 Å². The first-order valence-corrected chi connectivity index (χ1v) is 8.05. The fourth-order valence-corrected chi connectivity index (χ4v) is 3.09. The highest BCUT2D eigenvalue weighted by molar-refractivity contribution is 5.83. The van der Waals surface area contributed by atoms with Crippen LogP contribution in [0.5, 0.6) is 0 Å². The Morgan fingerprint density at radius 2 is 2.10 bits per heavy atom. The lowest BCUT2D eigenvalue weighted by Crippen LogP contribution is -2.09. The minimum atomic E-state index is 0.635. The van der Waals surface area contributed by atoms with Gasteiger partial charge in [-0.3, -0.25) is 0 Å². The van der Waals surface area contributed by atoms with Gasteiger partial charge in [-0.1, -0.05) is 25.7 Å². The monoisotopic (exact) mass is 288 g/mol. The van der Waals surface area contributed by atoms with Crippen molar-refractivity contribution in [3.05, 3.63) is 6.33 Å². The van der Waals surface area contributed by atoms with Crippen LogP contribution in [-0.2, 0) is 0 Å². The third kappa shape index (κ3) is 3.43. The van der Waals surface area contributed by atoms with E-state index >= 15 is 0 Å². The van der Waals surface area contributed by atoms with E-state index in [0.29, 0.717) is 11.6 Å². The lowest BCUT2D eigenvalue weighted by molar-refractivity contribution is 0.491. The van der Waals surface area contributed by atoms with Gasteiger partial charge in [-0.25, -0.2) is 4.98 Å². The molecule has 1 saturated carbocycles. The van der Waals surface area contributed by atoms with Crippen LogP contribution in [0.1, 0.15) is 45.4 Å². The number of aromatic nitrogens is 4. The molecule has 6 heteroatoms. The molecule has 114 valence electrons. The van der Waals surface area contributed by atoms with Gasteiger partial charge in [-0.2, -0.15) is 9.97 Å². The zero-order valence-corrected chi connectivity index (χ0v) is 12.7. The van der Waals surface area contributed by atoms with E-state index in [-0.39, 0.29) is 0 Å². The van der Waals surface area contributed by atoms with Gasteiger partial charge in [0, 0.05) is 13.1 Å². The lowest BCUT2D eigenvalue weighted by Gasteiger charge is -2.11. The maximum Gasteiger partial charge on any atom is 0.226 e. The number of imidazole rings is 1. The molecule has 1 aliphatic rings. The van der Waals surface area contributed by atoms with E-state index in [1.807, 2.05) is 6.92 Å². The van der Waals surface area contributed by atoms with Gasteiger partial charge in [0.1, 0.15) is 5.52 Å². The van der Waals surface area contributed by atoms with E-state index in [1.54, 1.807) is 6.33 Å². The lowest BCUT2D eigenvalue weighted by atomic mass is 10.0. The number of anilines is 2. The third-order valence-electron chi connectivity index (χ3n) is 4.18. The standard InChI is InChI=1S/C15H24N6/c1-2-16-15-20-13(12-14(21-15)19-10-18-12)17-9-5-8-11-6-3-4-7-11/h10-11H,2-9H2,1H3,(H3,16,17,18,19,20,21). The normalized spacial score (nSPS) is 15.7. The first-order chi connectivity index (χ1) is 10.4. The van der Waals surface area contributed by atoms with E-state index in [0.717, 1.165) is 30.3 Å². The fraction of sp³-hybridized carbons (Fsp3) is 0.667. The number of aromatic amines is 1. The number of nitrogens with zero attached hydrogens (tertiary/aromatic N) is 3. The predicted octanol–water partition coefficient (Wildman–Crippen LogP) is 3.17. The summed E-state index contributed by atoms with van der Waals surface area (Å²) in [7, 11) is 0. The molecule has 2 heterocycles. The van der Waals surface area contributed by atoms with Gasteiger partial charge in [0.25, 0.3) is 0 Å². The summed E-state index contributed by atoms with van der Waals surface area (Å²) in [6, 6.07) is 0. The summed E-state index contributed by atoms with van der Waals surface area (Å²) in [5, 5.41) is 6.58. The first-order valence-electron chi connectivity index (χ1n) is 8.05. The summed E-state index contributed by atoms with van der Waals surface area (Å²) in [5.74, 6) is 2.43. The molecular formula is C15H24N6. The smallest absolute Gasteiger partial charge is 0.226 e. The highest BCUT2D eigenvalue weighted by Gasteiger charge is 2.14. The van der Waals surface area contributed by atoms with E-state index in [1.165, 1.54) is 38.5 Å². The predicted molar refractivity (Wildman–Crippen MR) is 85.5 cm³/mol. The number of hydrogen-bond donors (Lipinski definition) is 3. The Kier molecular flexibility index (Phi) is 4.52. The quantitative estimate of drug-likeness (QED) is 0.682. The number of nitrogens with one attached hydrogen (secondary N) is 3. The second kappa shape index (κ2) is 6.74. The van der Waals surface area contributed by atoms with E-state index < -0.39 is 0 Å². The summed E-state index contributed by atoms with van der Waals surface area (Å²) in [6.45, 7) is 3.79. The van der Waals surface area contributed by atoms with Crippen molar-refractivity contribution in [1.82, 2.24) is 19.9 Å². The molecule has 0 unspecified atom stereocenters. The zero-order chi connectivity index (χ0) is 14.5. The molecule has 0 bridgehead atoms. The van der Waals surface area contributed by atoms with E-state index in [4.69, 9.17) is 0 Å². The number of fused-ring (bicyclic) bond motifs is 1. The third-order valence-corrected chi connectivity index (χ3v) is 4.18. The molecule has 3 rings (SSSR count). The molecule has 0 aromatic carbocycles. The summed E-state index contributed by atoms with van der Waals surface area (Å²) >= 11 is 0. The van der Waals surface area contributed by atoms with Crippen LogP contribution in [0, 0.1) is 5.92 Å². The largest absolute Gasteiger partial charge is 0.368 e. The molecule has 2 aromatic rings. The summed E-state index contributed by atoms with van der Waals surface area (Å²) < 4.78 is 0. The molecule has 0 spiro atoms. The Labute approximate surface area is 125 Å². The van der Waals surface area contributed by atoms with E-state index in [2.05, 4.69) is 30.6 Å². The summed E-state index contributed by atoms with van der Waals surface area (Å²) in [5.41, 5.74) is 1.59. The molecule has 1 aliphatic carbocycles. The van der Waals surface area contributed by atoms with Crippen LogP contribution in [0.3, 0.4) is 0 Å². The van der Waals surface area contributed by atoms with Crippen LogP contribution in [0.2, 0.25) is 0 Å². The highest BCUT2D eigenvalue weighted by atomic mass is 15.2. The fourth-order valence-electron chi connectivity index (χ4n) is 3.09. The van der Waals surface area contributed by atoms with Crippen LogP contribution >= 0.6 is 0 Å². The minimum absolute atomic E-state index is 0.635. The van der Waals surface area contributed by atoms with Gasteiger partial charge in [0.05, 0.1) is 6.33 Å². The molecule has 3 N–H and O–H groups in total. The molecule has 21 heavy (non-hydrogen) atoms. The zero-order valence-electron chi connectivity index (χ0n) is 12.7. The molecule has 0 atom stereocenters. The van der Waals surface area contributed by atoms with Crippen LogP contribution in [0.4, 0.5) is 11.8 Å². The van der Waals surface area contributed by atoms with Crippen LogP contribution < -0.4 is 10.6 Å². The van der Waals surface area contributed by atoms with Crippen molar-refractivity contribution < 1.29 is 0 Å². The molecule has 1 fully saturated rings. The molecule has 6 nitrogen and oxygen atoms in total. The molecular weight excluding hydrogens is 264 g/mol. The number of rotatable bonds is 7. The van der Waals surface area contributed by atoms with Crippen LogP contribution in [0.15, 0.2) is 6.33 Å². The van der Waals surface area contributed by atoms with Gasteiger partial charge in [-0.15, -0.1) is 0 Å². The average molecular weight is 288 g/mol. The van der Waals surface area contributed by atoms with Gasteiger partial charge < -0.3 is 15.6 Å².